The van der Waals surface area contributed by atoms with Gasteiger partial charge in [0.2, 0.25) is 0 Å². The molecule has 2 rings (SSSR count). The fourth-order valence-corrected chi connectivity index (χ4v) is 1.63. The molecule has 0 fully saturated rings. The lowest BCUT2D eigenvalue weighted by atomic mass is 10.2. The Kier molecular flexibility index (Phi) is 3.40. The second-order valence-electron chi connectivity index (χ2n) is 3.49. The Morgan fingerprint density at radius 3 is 2.47 bits per heavy atom. The Morgan fingerprint density at radius 2 is 1.82 bits per heavy atom. The highest BCUT2D eigenvalue weighted by molar-refractivity contribution is 6.30. The molecular formula is C13H10ClFN2. The Labute approximate surface area is 104 Å². The maximum atomic E-state index is 13.1. The van der Waals surface area contributed by atoms with Crippen molar-refractivity contribution in [3.63, 3.8) is 0 Å². The van der Waals surface area contributed by atoms with E-state index >= 15 is 0 Å². The highest BCUT2D eigenvalue weighted by atomic mass is 35.5. The van der Waals surface area contributed by atoms with E-state index in [0.717, 1.165) is 5.56 Å². The molecule has 0 amide bonds. The van der Waals surface area contributed by atoms with E-state index in [2.05, 4.69) is 4.99 Å². The van der Waals surface area contributed by atoms with Gasteiger partial charge in [-0.2, -0.15) is 0 Å². The van der Waals surface area contributed by atoms with Gasteiger partial charge >= 0.3 is 0 Å². The summed E-state index contributed by atoms with van der Waals surface area (Å²) in [5.74, 6) is -0.107. The summed E-state index contributed by atoms with van der Waals surface area (Å²) < 4.78 is 13.1. The van der Waals surface area contributed by atoms with E-state index in [0.29, 0.717) is 16.5 Å². The number of hydrogen-bond donors (Lipinski definition) is 1. The lowest BCUT2D eigenvalue weighted by Gasteiger charge is -2.01. The van der Waals surface area contributed by atoms with Gasteiger partial charge in [-0.1, -0.05) is 41.9 Å². The lowest BCUT2D eigenvalue weighted by molar-refractivity contribution is 0.628. The molecule has 0 radical (unpaired) electrons. The second kappa shape index (κ2) is 4.97. The molecule has 2 aromatic rings. The van der Waals surface area contributed by atoms with Gasteiger partial charge in [0.25, 0.3) is 0 Å². The number of halogens is 2. The molecule has 4 heteroatoms. The zero-order valence-corrected chi connectivity index (χ0v) is 9.66. The predicted molar refractivity (Wildman–Crippen MR) is 68.2 cm³/mol. The molecule has 0 aromatic heterocycles. The number of aliphatic imine (C=N–C) groups is 1. The largest absolute Gasteiger partial charge is 0.383 e. The van der Waals surface area contributed by atoms with Gasteiger partial charge in [0.05, 0.1) is 5.69 Å². The minimum Gasteiger partial charge on any atom is -0.383 e. The molecule has 86 valence electrons. The topological polar surface area (TPSA) is 38.4 Å². The van der Waals surface area contributed by atoms with Crippen LogP contribution in [0.4, 0.5) is 10.1 Å². The first-order valence-corrected chi connectivity index (χ1v) is 5.38. The second-order valence-corrected chi connectivity index (χ2v) is 3.93. The van der Waals surface area contributed by atoms with Crippen molar-refractivity contribution >= 4 is 23.1 Å². The first kappa shape index (κ1) is 11.6. The van der Waals surface area contributed by atoms with Crippen molar-refractivity contribution in [1.82, 2.24) is 0 Å². The van der Waals surface area contributed by atoms with Crippen LogP contribution >= 0.6 is 11.6 Å². The van der Waals surface area contributed by atoms with E-state index in [9.17, 15) is 4.39 Å². The quantitative estimate of drug-likeness (QED) is 0.641. The Balaban J connectivity index is 2.36. The summed E-state index contributed by atoms with van der Waals surface area (Å²) >= 11 is 5.73. The smallest absolute Gasteiger partial charge is 0.131 e. The first-order chi connectivity index (χ1) is 8.15. The van der Waals surface area contributed by atoms with Gasteiger partial charge in [0.1, 0.15) is 11.7 Å². The van der Waals surface area contributed by atoms with Gasteiger partial charge in [-0.3, -0.25) is 0 Å². The van der Waals surface area contributed by atoms with Crippen LogP contribution in [0.2, 0.25) is 5.02 Å². The molecular weight excluding hydrogens is 239 g/mol. The number of hydrogen-bond acceptors (Lipinski definition) is 1. The number of nitrogens with zero attached hydrogens (tertiary/aromatic N) is 1. The number of amidine groups is 1. The predicted octanol–water partition coefficient (Wildman–Crippen LogP) is 3.52. The minimum atomic E-state index is -0.433. The summed E-state index contributed by atoms with van der Waals surface area (Å²) in [5, 5.41) is 0.296. The summed E-state index contributed by atoms with van der Waals surface area (Å²) in [6.07, 6.45) is 0. The van der Waals surface area contributed by atoms with Gasteiger partial charge in [0, 0.05) is 10.6 Å². The molecule has 17 heavy (non-hydrogen) atoms. The number of benzene rings is 2. The monoisotopic (exact) mass is 248 g/mol. The molecule has 0 saturated carbocycles. The van der Waals surface area contributed by atoms with E-state index in [1.165, 1.54) is 12.1 Å². The van der Waals surface area contributed by atoms with Crippen LogP contribution in [0.1, 0.15) is 5.56 Å². The Morgan fingerprint density at radius 1 is 1.12 bits per heavy atom. The molecule has 2 nitrogen and oxygen atoms in total. The van der Waals surface area contributed by atoms with Crippen LogP contribution in [0.15, 0.2) is 53.5 Å². The molecule has 0 bridgehead atoms. The van der Waals surface area contributed by atoms with Gasteiger partial charge < -0.3 is 5.73 Å². The summed E-state index contributed by atoms with van der Waals surface area (Å²) in [6.45, 7) is 0. The third kappa shape index (κ3) is 3.04. The molecule has 2 N–H and O–H groups in total. The Bertz CT molecular complexity index is 532. The number of nitrogens with two attached hydrogens (primary N) is 1. The van der Waals surface area contributed by atoms with E-state index in [-0.39, 0.29) is 0 Å². The summed E-state index contributed by atoms with van der Waals surface area (Å²) in [4.78, 5) is 4.12. The average molecular weight is 249 g/mol. The maximum Gasteiger partial charge on any atom is 0.131 e. The first-order valence-electron chi connectivity index (χ1n) is 5.01. The summed E-state index contributed by atoms with van der Waals surface area (Å²) in [6, 6.07) is 13.3. The molecule has 0 aliphatic rings. The van der Waals surface area contributed by atoms with E-state index < -0.39 is 5.82 Å². The molecule has 0 spiro atoms. The highest BCUT2D eigenvalue weighted by Gasteiger charge is 2.00. The lowest BCUT2D eigenvalue weighted by Crippen LogP contribution is -2.12. The van der Waals surface area contributed by atoms with Gasteiger partial charge in [-0.05, 0) is 18.2 Å². The molecule has 0 aliphatic carbocycles. The molecule has 0 saturated heterocycles. The van der Waals surface area contributed by atoms with Crippen molar-refractivity contribution in [2.24, 2.45) is 10.7 Å². The third-order valence-corrected chi connectivity index (χ3v) is 2.38. The molecule has 0 heterocycles. The molecule has 0 atom stereocenters. The van der Waals surface area contributed by atoms with Crippen LogP contribution in [-0.4, -0.2) is 5.84 Å². The van der Waals surface area contributed by atoms with Crippen molar-refractivity contribution in [2.45, 2.75) is 0 Å². The third-order valence-electron chi connectivity index (χ3n) is 2.17. The van der Waals surface area contributed by atoms with Crippen LogP contribution in [0.3, 0.4) is 0 Å². The van der Waals surface area contributed by atoms with Crippen molar-refractivity contribution in [1.29, 1.82) is 0 Å². The fourth-order valence-electron chi connectivity index (χ4n) is 1.42. The van der Waals surface area contributed by atoms with Crippen molar-refractivity contribution in [2.75, 3.05) is 0 Å². The minimum absolute atomic E-state index is 0.296. The van der Waals surface area contributed by atoms with Crippen molar-refractivity contribution in [3.05, 3.63) is 64.9 Å². The van der Waals surface area contributed by atoms with Gasteiger partial charge in [-0.25, -0.2) is 9.38 Å². The Hall–Kier alpha value is -1.87. The van der Waals surface area contributed by atoms with Crippen molar-refractivity contribution in [3.8, 4) is 0 Å². The van der Waals surface area contributed by atoms with E-state index in [1.807, 2.05) is 30.3 Å². The standard InChI is InChI=1S/C13H10ClFN2/c14-10-6-11(15)8-12(7-10)17-13(16)9-4-2-1-3-5-9/h1-8H,(H2,16,17). The van der Waals surface area contributed by atoms with E-state index in [4.69, 9.17) is 17.3 Å². The summed E-state index contributed by atoms with van der Waals surface area (Å²) in [7, 11) is 0. The maximum absolute atomic E-state index is 13.1. The average Bonchev–Trinajstić information content (AvgIpc) is 2.28. The number of rotatable bonds is 2. The SMILES string of the molecule is NC(=Nc1cc(F)cc(Cl)c1)c1ccccc1. The normalized spacial score (nSPS) is 11.5. The molecule has 2 aromatic carbocycles. The molecule has 0 aliphatic heterocycles. The van der Waals surface area contributed by atoms with Gasteiger partial charge in [0.15, 0.2) is 0 Å². The van der Waals surface area contributed by atoms with Crippen LogP contribution in [0.5, 0.6) is 0 Å². The zero-order chi connectivity index (χ0) is 12.3. The van der Waals surface area contributed by atoms with E-state index in [1.54, 1.807) is 6.07 Å². The fraction of sp³-hybridized carbons (Fsp3) is 0. The molecule has 0 unspecified atom stereocenters. The van der Waals surface area contributed by atoms with Gasteiger partial charge in [-0.15, -0.1) is 0 Å². The van der Waals surface area contributed by atoms with Crippen molar-refractivity contribution < 1.29 is 4.39 Å². The summed E-state index contributed by atoms with van der Waals surface area (Å²) in [5.41, 5.74) is 7.00. The zero-order valence-electron chi connectivity index (χ0n) is 8.90. The van der Waals surface area contributed by atoms with Crippen LogP contribution < -0.4 is 5.73 Å². The van der Waals surface area contributed by atoms with Crippen LogP contribution in [0.25, 0.3) is 0 Å². The highest BCUT2D eigenvalue weighted by Crippen LogP contribution is 2.21. The van der Waals surface area contributed by atoms with Crippen LogP contribution in [-0.2, 0) is 0 Å². The van der Waals surface area contributed by atoms with Crippen LogP contribution in [0, 0.1) is 5.82 Å².